The summed E-state index contributed by atoms with van der Waals surface area (Å²) in [6, 6.07) is 0. The monoisotopic (exact) mass is 364 g/mol. The Labute approximate surface area is 144 Å². The molecule has 132 valence electrons. The van der Waals surface area contributed by atoms with E-state index in [9.17, 15) is 19.2 Å². The normalized spacial score (nSPS) is 11.5. The molecule has 1 unspecified atom stereocenters. The van der Waals surface area contributed by atoms with E-state index in [2.05, 4.69) is 10.6 Å². The van der Waals surface area contributed by atoms with Crippen LogP contribution in [-0.2, 0) is 19.2 Å². The fraction of sp³-hybridized carbons (Fsp3) is 0.692. The molecule has 0 aliphatic heterocycles. The van der Waals surface area contributed by atoms with Crippen molar-refractivity contribution in [3.63, 3.8) is 0 Å². The number of thioether (sulfide) groups is 2. The molecule has 0 saturated heterocycles. The molecule has 4 N–H and O–H groups in total. The van der Waals surface area contributed by atoms with E-state index in [1.165, 1.54) is 37.4 Å². The SMILES string of the molecule is CC(=O)NCSCC(=O)N(CCSC(C)NC(C)=O)C(=O)CN. The second kappa shape index (κ2) is 12.2. The fourth-order valence-corrected chi connectivity index (χ4v) is 3.14. The van der Waals surface area contributed by atoms with E-state index in [-0.39, 0.29) is 41.9 Å². The first-order valence-corrected chi connectivity index (χ1v) is 9.22. The molecule has 0 saturated carbocycles. The molecule has 0 aromatic rings. The highest BCUT2D eigenvalue weighted by Crippen LogP contribution is 2.09. The number of imide groups is 1. The van der Waals surface area contributed by atoms with Gasteiger partial charge in [-0.3, -0.25) is 24.1 Å². The van der Waals surface area contributed by atoms with Crippen molar-refractivity contribution >= 4 is 47.2 Å². The summed E-state index contributed by atoms with van der Waals surface area (Å²) in [5.41, 5.74) is 5.33. The van der Waals surface area contributed by atoms with Crippen LogP contribution in [0.4, 0.5) is 0 Å². The molecular weight excluding hydrogens is 340 g/mol. The van der Waals surface area contributed by atoms with Crippen molar-refractivity contribution in [3.8, 4) is 0 Å². The van der Waals surface area contributed by atoms with Crippen LogP contribution in [0.25, 0.3) is 0 Å². The molecular formula is C13H24N4O4S2. The molecule has 0 fully saturated rings. The van der Waals surface area contributed by atoms with Gasteiger partial charge in [0.05, 0.1) is 23.5 Å². The molecule has 0 heterocycles. The van der Waals surface area contributed by atoms with E-state index in [0.717, 1.165) is 4.90 Å². The number of nitrogens with one attached hydrogen (secondary N) is 2. The van der Waals surface area contributed by atoms with Gasteiger partial charge in [0.1, 0.15) is 0 Å². The summed E-state index contributed by atoms with van der Waals surface area (Å²) in [7, 11) is 0. The molecule has 23 heavy (non-hydrogen) atoms. The smallest absolute Gasteiger partial charge is 0.242 e. The highest BCUT2D eigenvalue weighted by Gasteiger charge is 2.20. The van der Waals surface area contributed by atoms with Gasteiger partial charge in [0.15, 0.2) is 0 Å². The first kappa shape index (κ1) is 21.7. The molecule has 1 atom stereocenters. The standard InChI is InChI=1S/C13H24N4O4S2/c1-9(18)15-8-22-7-13(21)17(12(20)6-14)4-5-23-11(3)16-10(2)19/h11H,4-8,14H2,1-3H3,(H,15,18)(H,16,19). The molecule has 0 rings (SSSR count). The molecule has 4 amide bonds. The maximum atomic E-state index is 12.1. The van der Waals surface area contributed by atoms with Gasteiger partial charge >= 0.3 is 0 Å². The number of carbonyl (C=O) groups excluding carboxylic acids is 4. The summed E-state index contributed by atoms with van der Waals surface area (Å²) in [6.07, 6.45) is 0. The summed E-state index contributed by atoms with van der Waals surface area (Å²) in [5, 5.41) is 5.16. The Balaban J connectivity index is 4.29. The first-order valence-electron chi connectivity index (χ1n) is 7.02. The van der Waals surface area contributed by atoms with Crippen molar-refractivity contribution in [3.05, 3.63) is 0 Å². The van der Waals surface area contributed by atoms with E-state index in [1.54, 1.807) is 0 Å². The van der Waals surface area contributed by atoms with Gasteiger partial charge in [-0.2, -0.15) is 0 Å². The predicted molar refractivity (Wildman–Crippen MR) is 92.7 cm³/mol. The molecule has 0 aliphatic rings. The molecule has 0 bridgehead atoms. The van der Waals surface area contributed by atoms with Crippen molar-refractivity contribution in [2.75, 3.05) is 30.5 Å². The van der Waals surface area contributed by atoms with Gasteiger partial charge in [0, 0.05) is 26.1 Å². The molecule has 0 aromatic carbocycles. The third-order valence-electron chi connectivity index (χ3n) is 2.51. The van der Waals surface area contributed by atoms with E-state index in [4.69, 9.17) is 5.73 Å². The molecule has 0 aromatic heterocycles. The lowest BCUT2D eigenvalue weighted by molar-refractivity contribution is -0.142. The zero-order valence-corrected chi connectivity index (χ0v) is 15.2. The average molecular weight is 364 g/mol. The minimum Gasteiger partial charge on any atom is -0.347 e. The van der Waals surface area contributed by atoms with Gasteiger partial charge in [-0.15, -0.1) is 23.5 Å². The predicted octanol–water partition coefficient (Wildman–Crippen LogP) is -0.658. The number of carbonyl (C=O) groups is 4. The Bertz CT molecular complexity index is 434. The summed E-state index contributed by atoms with van der Waals surface area (Å²) in [6.45, 7) is 4.63. The zero-order valence-electron chi connectivity index (χ0n) is 13.6. The lowest BCUT2D eigenvalue weighted by Crippen LogP contribution is -2.43. The molecule has 10 heteroatoms. The lowest BCUT2D eigenvalue weighted by atomic mass is 10.4. The third-order valence-corrected chi connectivity index (χ3v) is 4.35. The lowest BCUT2D eigenvalue weighted by Gasteiger charge is -2.21. The maximum Gasteiger partial charge on any atom is 0.242 e. The summed E-state index contributed by atoms with van der Waals surface area (Å²) in [4.78, 5) is 46.6. The van der Waals surface area contributed by atoms with Crippen molar-refractivity contribution in [2.45, 2.75) is 26.1 Å². The van der Waals surface area contributed by atoms with Crippen molar-refractivity contribution in [1.82, 2.24) is 15.5 Å². The number of hydrogen-bond acceptors (Lipinski definition) is 7. The van der Waals surface area contributed by atoms with Crippen LogP contribution in [-0.4, -0.2) is 64.4 Å². The van der Waals surface area contributed by atoms with Gasteiger partial charge in [0.25, 0.3) is 0 Å². The van der Waals surface area contributed by atoms with Gasteiger partial charge in [-0.05, 0) is 6.92 Å². The van der Waals surface area contributed by atoms with Crippen LogP contribution in [0.1, 0.15) is 20.8 Å². The summed E-state index contributed by atoms with van der Waals surface area (Å²) >= 11 is 2.64. The highest BCUT2D eigenvalue weighted by molar-refractivity contribution is 8.00. The maximum absolute atomic E-state index is 12.1. The van der Waals surface area contributed by atoms with Crippen LogP contribution >= 0.6 is 23.5 Å². The van der Waals surface area contributed by atoms with E-state index < -0.39 is 5.91 Å². The van der Waals surface area contributed by atoms with Crippen LogP contribution in [0.5, 0.6) is 0 Å². The van der Waals surface area contributed by atoms with Crippen LogP contribution in [0.15, 0.2) is 0 Å². The van der Waals surface area contributed by atoms with Crippen molar-refractivity contribution in [2.24, 2.45) is 5.73 Å². The molecule has 8 nitrogen and oxygen atoms in total. The number of rotatable bonds is 10. The summed E-state index contributed by atoms with van der Waals surface area (Å²) < 4.78 is 0. The number of hydrogen-bond donors (Lipinski definition) is 3. The van der Waals surface area contributed by atoms with Crippen LogP contribution in [0, 0.1) is 0 Å². The number of amides is 4. The van der Waals surface area contributed by atoms with Crippen LogP contribution < -0.4 is 16.4 Å². The minimum atomic E-state index is -0.442. The molecule has 0 aliphatic carbocycles. The van der Waals surface area contributed by atoms with Gasteiger partial charge in [-0.1, -0.05) is 0 Å². The number of nitrogens with zero attached hydrogens (tertiary/aromatic N) is 1. The Morgan fingerprint density at radius 1 is 1.13 bits per heavy atom. The van der Waals surface area contributed by atoms with E-state index >= 15 is 0 Å². The zero-order chi connectivity index (χ0) is 17.8. The topological polar surface area (TPSA) is 122 Å². The third kappa shape index (κ3) is 11.0. The second-order valence-corrected chi connectivity index (χ2v) is 7.02. The average Bonchev–Trinajstić information content (AvgIpc) is 2.46. The minimum absolute atomic E-state index is 0.0813. The van der Waals surface area contributed by atoms with Crippen LogP contribution in [0.3, 0.4) is 0 Å². The summed E-state index contributed by atoms with van der Waals surface area (Å²) in [5.74, 6) is -0.215. The second-order valence-electron chi connectivity index (χ2n) is 4.58. The van der Waals surface area contributed by atoms with Crippen molar-refractivity contribution < 1.29 is 19.2 Å². The largest absolute Gasteiger partial charge is 0.347 e. The van der Waals surface area contributed by atoms with Gasteiger partial charge < -0.3 is 16.4 Å². The Kier molecular flexibility index (Phi) is 11.5. The quantitative estimate of drug-likeness (QED) is 0.347. The van der Waals surface area contributed by atoms with E-state index in [0.29, 0.717) is 11.6 Å². The fourth-order valence-electron chi connectivity index (χ4n) is 1.52. The Morgan fingerprint density at radius 3 is 2.30 bits per heavy atom. The van der Waals surface area contributed by atoms with E-state index in [1.807, 2.05) is 6.92 Å². The van der Waals surface area contributed by atoms with Gasteiger partial charge in [0.2, 0.25) is 23.6 Å². The molecule has 0 radical (unpaired) electrons. The number of nitrogens with two attached hydrogens (primary N) is 1. The Morgan fingerprint density at radius 2 is 1.78 bits per heavy atom. The Hall–Kier alpha value is -1.26. The van der Waals surface area contributed by atoms with Gasteiger partial charge in [-0.25, -0.2) is 0 Å². The van der Waals surface area contributed by atoms with Crippen LogP contribution in [0.2, 0.25) is 0 Å². The van der Waals surface area contributed by atoms with Crippen molar-refractivity contribution in [1.29, 1.82) is 0 Å². The highest BCUT2D eigenvalue weighted by atomic mass is 32.2. The first-order chi connectivity index (χ1) is 10.8. The molecule has 0 spiro atoms.